The number of benzene rings is 1. The molecule has 0 unspecified atom stereocenters. The Balaban J connectivity index is 1.54. The van der Waals surface area contributed by atoms with Crippen molar-refractivity contribution in [3.8, 4) is 5.75 Å². The predicted octanol–water partition coefficient (Wildman–Crippen LogP) is 4.36. The first-order valence-corrected chi connectivity index (χ1v) is 11.0. The number of carbonyl (C=O) groups excluding carboxylic acids is 2. The van der Waals surface area contributed by atoms with E-state index < -0.39 is 11.7 Å². The van der Waals surface area contributed by atoms with Crippen LogP contribution in [0.1, 0.15) is 71.8 Å². The first-order chi connectivity index (χ1) is 14.1. The molecule has 2 amide bonds. The monoisotopic (exact) mass is 416 g/mol. The van der Waals surface area contributed by atoms with Crippen molar-refractivity contribution >= 4 is 12.0 Å². The lowest BCUT2D eigenvalue weighted by atomic mass is 9.39. The fraction of sp³-hybridized carbons (Fsp3) is 0.667. The minimum Gasteiger partial charge on any atom is -0.497 e. The summed E-state index contributed by atoms with van der Waals surface area (Å²) in [6.07, 6.45) is 5.62. The first kappa shape index (κ1) is 22.4. The Kier molecular flexibility index (Phi) is 6.34. The van der Waals surface area contributed by atoms with Gasteiger partial charge in [-0.05, 0) is 70.6 Å². The second kappa shape index (κ2) is 8.48. The van der Waals surface area contributed by atoms with Crippen LogP contribution in [0.5, 0.6) is 5.75 Å². The smallest absolute Gasteiger partial charge is 0.408 e. The lowest BCUT2D eigenvalue weighted by molar-refractivity contribution is -0.180. The van der Waals surface area contributed by atoms with E-state index in [2.05, 4.69) is 23.6 Å². The molecule has 0 saturated heterocycles. The SMILES string of the molecule is CCCC[C@@H](Cc1cccc(OC)c1)NC(=O)C12CC(NC(=O)OC(C)(C)C)(C1)C2. The Morgan fingerprint density at radius 2 is 1.90 bits per heavy atom. The highest BCUT2D eigenvalue weighted by molar-refractivity contribution is 5.88. The van der Waals surface area contributed by atoms with Gasteiger partial charge >= 0.3 is 6.09 Å². The summed E-state index contributed by atoms with van der Waals surface area (Å²) < 4.78 is 10.7. The minimum absolute atomic E-state index is 0.105. The fourth-order valence-electron chi connectivity index (χ4n) is 4.78. The van der Waals surface area contributed by atoms with Crippen molar-refractivity contribution in [2.45, 2.75) is 89.8 Å². The van der Waals surface area contributed by atoms with Crippen LogP contribution in [0.3, 0.4) is 0 Å². The van der Waals surface area contributed by atoms with Crippen LogP contribution >= 0.6 is 0 Å². The van der Waals surface area contributed by atoms with E-state index in [1.807, 2.05) is 39.0 Å². The molecule has 6 nitrogen and oxygen atoms in total. The maximum atomic E-state index is 13.0. The Morgan fingerprint density at radius 1 is 1.20 bits per heavy atom. The zero-order valence-corrected chi connectivity index (χ0v) is 19.0. The number of hydrogen-bond acceptors (Lipinski definition) is 4. The number of rotatable bonds is 9. The second-order valence-corrected chi connectivity index (χ2v) is 10.1. The summed E-state index contributed by atoms with van der Waals surface area (Å²) in [5.74, 6) is 0.960. The molecule has 2 bridgehead atoms. The molecule has 3 aliphatic carbocycles. The third kappa shape index (κ3) is 5.08. The molecule has 0 aliphatic heterocycles. The molecule has 3 saturated carbocycles. The van der Waals surface area contributed by atoms with Gasteiger partial charge in [-0.25, -0.2) is 4.79 Å². The molecule has 0 spiro atoms. The van der Waals surface area contributed by atoms with Crippen LogP contribution in [0.15, 0.2) is 24.3 Å². The largest absolute Gasteiger partial charge is 0.497 e. The molecule has 2 N–H and O–H groups in total. The Labute approximate surface area is 180 Å². The van der Waals surface area contributed by atoms with Gasteiger partial charge in [0.05, 0.1) is 12.5 Å². The second-order valence-electron chi connectivity index (χ2n) is 10.1. The van der Waals surface area contributed by atoms with Gasteiger partial charge in [-0.2, -0.15) is 0 Å². The number of nitrogens with one attached hydrogen (secondary N) is 2. The summed E-state index contributed by atoms with van der Waals surface area (Å²) in [6.45, 7) is 7.71. The summed E-state index contributed by atoms with van der Waals surface area (Å²) >= 11 is 0. The van der Waals surface area contributed by atoms with Gasteiger partial charge in [-0.15, -0.1) is 0 Å². The van der Waals surface area contributed by atoms with Crippen LogP contribution in [0.25, 0.3) is 0 Å². The zero-order valence-electron chi connectivity index (χ0n) is 19.0. The predicted molar refractivity (Wildman–Crippen MR) is 117 cm³/mol. The maximum Gasteiger partial charge on any atom is 0.408 e. The molecule has 1 aromatic carbocycles. The van der Waals surface area contributed by atoms with Gasteiger partial charge < -0.3 is 20.1 Å². The van der Waals surface area contributed by atoms with Crippen molar-refractivity contribution in [2.24, 2.45) is 5.41 Å². The van der Waals surface area contributed by atoms with E-state index in [1.54, 1.807) is 7.11 Å². The number of alkyl carbamates (subject to hydrolysis) is 1. The molecule has 6 heteroatoms. The third-order valence-corrected chi connectivity index (χ3v) is 6.14. The summed E-state index contributed by atoms with van der Waals surface area (Å²) in [5.41, 5.74) is 0.0607. The number of carbonyl (C=O) groups is 2. The van der Waals surface area contributed by atoms with Gasteiger partial charge in [0.15, 0.2) is 0 Å². The summed E-state index contributed by atoms with van der Waals surface area (Å²) in [4.78, 5) is 25.1. The van der Waals surface area contributed by atoms with Crippen LogP contribution in [0.2, 0.25) is 0 Å². The normalized spacial score (nSPS) is 25.4. The van der Waals surface area contributed by atoms with E-state index in [4.69, 9.17) is 9.47 Å². The number of unbranched alkanes of at least 4 members (excludes halogenated alkanes) is 1. The van der Waals surface area contributed by atoms with Crippen LogP contribution in [-0.4, -0.2) is 36.3 Å². The van der Waals surface area contributed by atoms with Gasteiger partial charge in [0, 0.05) is 11.6 Å². The average molecular weight is 417 g/mol. The van der Waals surface area contributed by atoms with E-state index in [9.17, 15) is 9.59 Å². The zero-order chi connectivity index (χ0) is 22.0. The molecule has 3 aliphatic rings. The van der Waals surface area contributed by atoms with Crippen LogP contribution in [0.4, 0.5) is 4.79 Å². The van der Waals surface area contributed by atoms with E-state index >= 15 is 0 Å². The van der Waals surface area contributed by atoms with Gasteiger partial charge in [0.2, 0.25) is 5.91 Å². The van der Waals surface area contributed by atoms with Crippen LogP contribution < -0.4 is 15.4 Å². The molecule has 166 valence electrons. The topological polar surface area (TPSA) is 76.7 Å². The van der Waals surface area contributed by atoms with E-state index in [-0.39, 0.29) is 22.9 Å². The highest BCUT2D eigenvalue weighted by Crippen LogP contribution is 2.67. The van der Waals surface area contributed by atoms with Crippen molar-refractivity contribution in [2.75, 3.05) is 7.11 Å². The molecule has 0 aromatic heterocycles. The van der Waals surface area contributed by atoms with Gasteiger partial charge in [0.1, 0.15) is 11.4 Å². The molecular formula is C24H36N2O4. The van der Waals surface area contributed by atoms with Crippen molar-refractivity contribution in [3.63, 3.8) is 0 Å². The molecule has 1 aromatic rings. The van der Waals surface area contributed by atoms with Gasteiger partial charge in [-0.3, -0.25) is 4.79 Å². The van der Waals surface area contributed by atoms with E-state index in [0.717, 1.165) is 37.0 Å². The van der Waals surface area contributed by atoms with Crippen molar-refractivity contribution in [1.29, 1.82) is 0 Å². The third-order valence-electron chi connectivity index (χ3n) is 6.14. The highest BCUT2D eigenvalue weighted by Gasteiger charge is 2.72. The number of ether oxygens (including phenoxy) is 2. The van der Waals surface area contributed by atoms with Crippen LogP contribution in [0, 0.1) is 5.41 Å². The van der Waals surface area contributed by atoms with Gasteiger partial charge in [0.25, 0.3) is 0 Å². The fourth-order valence-corrected chi connectivity index (χ4v) is 4.78. The average Bonchev–Trinajstić information content (AvgIpc) is 2.60. The summed E-state index contributed by atoms with van der Waals surface area (Å²) in [6, 6.07) is 8.14. The molecule has 1 atom stereocenters. The number of methoxy groups -OCH3 is 1. The lowest BCUT2D eigenvalue weighted by Gasteiger charge is -2.68. The van der Waals surface area contributed by atoms with E-state index in [0.29, 0.717) is 19.3 Å². The molecular weight excluding hydrogens is 380 g/mol. The minimum atomic E-state index is -0.519. The molecule has 0 heterocycles. The molecule has 3 fully saturated rings. The standard InChI is InChI=1S/C24H36N2O4/c1-6-7-10-18(12-17-9-8-11-19(13-17)29-5)25-20(27)23-14-24(15-23,16-23)26-21(28)30-22(2,3)4/h8-9,11,13,18H,6-7,10,12,14-16H2,1-5H3,(H,25,27)(H,26,28)/t18-,23?,24?/m0/s1. The number of amides is 2. The quantitative estimate of drug-likeness (QED) is 0.627. The van der Waals surface area contributed by atoms with Crippen molar-refractivity contribution in [1.82, 2.24) is 10.6 Å². The number of hydrogen-bond donors (Lipinski definition) is 2. The lowest BCUT2D eigenvalue weighted by Crippen LogP contribution is -2.78. The summed E-state index contributed by atoms with van der Waals surface area (Å²) in [5, 5.41) is 6.28. The summed E-state index contributed by atoms with van der Waals surface area (Å²) in [7, 11) is 1.67. The molecule has 0 radical (unpaired) electrons. The van der Waals surface area contributed by atoms with Crippen molar-refractivity contribution in [3.05, 3.63) is 29.8 Å². The Morgan fingerprint density at radius 3 is 2.50 bits per heavy atom. The first-order valence-electron chi connectivity index (χ1n) is 11.0. The van der Waals surface area contributed by atoms with Crippen LogP contribution in [-0.2, 0) is 16.0 Å². The van der Waals surface area contributed by atoms with Gasteiger partial charge in [-0.1, -0.05) is 31.9 Å². The van der Waals surface area contributed by atoms with E-state index in [1.165, 1.54) is 0 Å². The Bertz CT molecular complexity index is 764. The Hall–Kier alpha value is -2.24. The maximum absolute atomic E-state index is 13.0. The van der Waals surface area contributed by atoms with Crippen molar-refractivity contribution < 1.29 is 19.1 Å². The molecule has 4 rings (SSSR count). The highest BCUT2D eigenvalue weighted by atomic mass is 16.6. The molecule has 30 heavy (non-hydrogen) atoms.